The Bertz CT molecular complexity index is 1120. The quantitative estimate of drug-likeness (QED) is 0.340. The lowest BCUT2D eigenvalue weighted by atomic mass is 10.0. The minimum absolute atomic E-state index is 0.0864. The van der Waals surface area contributed by atoms with Crippen molar-refractivity contribution in [3.05, 3.63) is 68.3 Å². The summed E-state index contributed by atoms with van der Waals surface area (Å²) in [6.07, 6.45) is 4.80. The molecule has 0 atom stereocenters. The first-order valence-corrected chi connectivity index (χ1v) is 14.4. The lowest BCUT2D eigenvalue weighted by molar-refractivity contribution is 0.0270. The molecule has 4 rings (SSSR count). The monoisotopic (exact) mass is 512 g/mol. The second kappa shape index (κ2) is 12.5. The lowest BCUT2D eigenvalue weighted by Crippen LogP contribution is -2.50. The Morgan fingerprint density at radius 3 is 2.76 bits per heavy atom. The van der Waals surface area contributed by atoms with E-state index >= 15 is 0 Å². The first-order valence-electron chi connectivity index (χ1n) is 11.5. The molecule has 178 valence electrons. The number of thiophene rings is 1. The van der Waals surface area contributed by atoms with Gasteiger partial charge in [0.2, 0.25) is 0 Å². The molecule has 34 heavy (non-hydrogen) atoms. The number of hydrogen-bond acceptors (Lipinski definition) is 6. The summed E-state index contributed by atoms with van der Waals surface area (Å²) >= 11 is 4.48. The van der Waals surface area contributed by atoms with Gasteiger partial charge in [0.15, 0.2) is 0 Å². The summed E-state index contributed by atoms with van der Waals surface area (Å²) < 4.78 is 0. The minimum atomic E-state index is -0.898. The molecular formula is C26H28N2O3S3. The Labute approximate surface area is 213 Å². The lowest BCUT2D eigenvalue weighted by Gasteiger charge is -2.38. The maximum Gasteiger partial charge on any atom is 0.345 e. The van der Waals surface area contributed by atoms with Gasteiger partial charge in [-0.25, -0.2) is 9.80 Å². The van der Waals surface area contributed by atoms with E-state index in [1.807, 2.05) is 22.8 Å². The molecule has 0 bridgehead atoms. The summed E-state index contributed by atoms with van der Waals surface area (Å²) in [6.45, 7) is 2.30. The summed E-state index contributed by atoms with van der Waals surface area (Å²) in [7, 11) is 0. The summed E-state index contributed by atoms with van der Waals surface area (Å²) in [6, 6.07) is 12.0. The van der Waals surface area contributed by atoms with Gasteiger partial charge in [-0.05, 0) is 60.9 Å². The number of allylic oxidation sites excluding steroid dienone is 1. The zero-order valence-electron chi connectivity index (χ0n) is 19.0. The van der Waals surface area contributed by atoms with Crippen molar-refractivity contribution < 1.29 is 14.7 Å². The van der Waals surface area contributed by atoms with Crippen LogP contribution in [0.3, 0.4) is 0 Å². The normalized spacial score (nSPS) is 16.3. The number of nitrogens with zero attached hydrogens (tertiary/aromatic N) is 2. The largest absolute Gasteiger partial charge is 0.477 e. The molecule has 0 radical (unpaired) electrons. The zero-order valence-corrected chi connectivity index (χ0v) is 21.4. The van der Waals surface area contributed by atoms with Gasteiger partial charge in [0, 0.05) is 53.6 Å². The molecule has 2 aliphatic rings. The average Bonchev–Trinajstić information content (AvgIpc) is 3.53. The number of unbranched alkanes of at least 4 members (excludes halogenated alkanes) is 1. The van der Waals surface area contributed by atoms with Crippen LogP contribution in [0, 0.1) is 11.8 Å². The van der Waals surface area contributed by atoms with Gasteiger partial charge in [0.05, 0.1) is 0 Å². The van der Waals surface area contributed by atoms with E-state index in [9.17, 15) is 9.59 Å². The summed E-state index contributed by atoms with van der Waals surface area (Å²) in [5.74, 6) is 7.64. The Hall–Kier alpha value is -2.18. The summed E-state index contributed by atoms with van der Waals surface area (Å²) in [5.41, 5.74) is 3.60. The third-order valence-corrected chi connectivity index (χ3v) is 8.58. The SMILES string of the molecule is O=C(O)c1ccc(CCN2C(=O)SCCN2CCCCc2cccc(C#CC3=CSCC3)c2)s1. The number of aryl methyl sites for hydroxylation is 1. The molecule has 2 aliphatic heterocycles. The highest BCUT2D eigenvalue weighted by atomic mass is 32.2. The number of carboxylic acid groups (broad SMARTS) is 1. The van der Waals surface area contributed by atoms with Crippen LogP contribution in [0.5, 0.6) is 0 Å². The van der Waals surface area contributed by atoms with E-state index in [1.165, 1.54) is 34.2 Å². The molecule has 2 aromatic rings. The molecule has 0 spiro atoms. The van der Waals surface area contributed by atoms with Gasteiger partial charge in [-0.2, -0.15) is 0 Å². The maximum atomic E-state index is 12.5. The van der Waals surface area contributed by atoms with Crippen LogP contribution < -0.4 is 0 Å². The van der Waals surface area contributed by atoms with Gasteiger partial charge < -0.3 is 5.11 Å². The van der Waals surface area contributed by atoms with Gasteiger partial charge >= 0.3 is 5.97 Å². The third-order valence-electron chi connectivity index (χ3n) is 5.71. The molecule has 1 N–H and O–H groups in total. The summed E-state index contributed by atoms with van der Waals surface area (Å²) in [4.78, 5) is 25.0. The van der Waals surface area contributed by atoms with Crippen LogP contribution in [0.2, 0.25) is 0 Å². The van der Waals surface area contributed by atoms with E-state index in [0.29, 0.717) is 17.8 Å². The van der Waals surface area contributed by atoms with E-state index in [0.717, 1.165) is 60.7 Å². The van der Waals surface area contributed by atoms with Crippen LogP contribution in [-0.4, -0.2) is 57.5 Å². The number of amides is 1. The Morgan fingerprint density at radius 1 is 1.06 bits per heavy atom. The molecule has 5 nitrogen and oxygen atoms in total. The molecule has 0 saturated carbocycles. The first kappa shape index (κ1) is 24.9. The summed E-state index contributed by atoms with van der Waals surface area (Å²) in [5, 5.41) is 15.4. The van der Waals surface area contributed by atoms with Crippen molar-refractivity contribution in [2.45, 2.75) is 32.1 Å². The van der Waals surface area contributed by atoms with E-state index in [4.69, 9.17) is 5.11 Å². The molecule has 1 fully saturated rings. The number of carbonyl (C=O) groups excluding carboxylic acids is 1. The number of carboxylic acids is 1. The smallest absolute Gasteiger partial charge is 0.345 e. The molecular weight excluding hydrogens is 484 g/mol. The van der Waals surface area contributed by atoms with Gasteiger partial charge in [-0.3, -0.25) is 9.80 Å². The standard InChI is InChI=1S/C26H28N2O3S3/c29-25(30)24-10-9-23(34-24)11-14-28-26(31)33-17-15-27(28)13-2-1-4-20-5-3-6-21(18-20)7-8-22-12-16-32-19-22/h3,5-6,9-10,18-19H,1-2,4,11-17H2,(H,29,30). The van der Waals surface area contributed by atoms with Crippen molar-refractivity contribution >= 4 is 46.1 Å². The number of rotatable bonds is 9. The van der Waals surface area contributed by atoms with Gasteiger partial charge in [-0.15, -0.1) is 23.1 Å². The number of hydrogen-bond donors (Lipinski definition) is 1. The predicted octanol–water partition coefficient (Wildman–Crippen LogP) is 5.77. The fourth-order valence-corrected chi connectivity index (χ4v) is 6.42. The van der Waals surface area contributed by atoms with E-state index in [2.05, 4.69) is 46.5 Å². The topological polar surface area (TPSA) is 60.9 Å². The Kier molecular flexibility index (Phi) is 9.17. The highest BCUT2D eigenvalue weighted by molar-refractivity contribution is 8.13. The number of carbonyl (C=O) groups is 2. The fourth-order valence-electron chi connectivity index (χ4n) is 3.92. The zero-order chi connectivity index (χ0) is 23.8. The van der Waals surface area contributed by atoms with Crippen LogP contribution in [0.4, 0.5) is 4.79 Å². The van der Waals surface area contributed by atoms with Crippen molar-refractivity contribution in [3.63, 3.8) is 0 Å². The van der Waals surface area contributed by atoms with Crippen LogP contribution in [0.15, 0.2) is 47.4 Å². The van der Waals surface area contributed by atoms with Crippen molar-refractivity contribution in [2.24, 2.45) is 0 Å². The molecule has 0 unspecified atom stereocenters. The Balaban J connectivity index is 1.25. The molecule has 0 aliphatic carbocycles. The molecule has 1 aromatic carbocycles. The Morgan fingerprint density at radius 2 is 1.97 bits per heavy atom. The van der Waals surface area contributed by atoms with Crippen LogP contribution in [-0.2, 0) is 12.8 Å². The molecule has 1 aromatic heterocycles. The highest BCUT2D eigenvalue weighted by Crippen LogP contribution is 2.23. The molecule has 1 amide bonds. The van der Waals surface area contributed by atoms with E-state index in [1.54, 1.807) is 6.07 Å². The highest BCUT2D eigenvalue weighted by Gasteiger charge is 2.26. The molecule has 8 heteroatoms. The number of benzene rings is 1. The average molecular weight is 513 g/mol. The van der Waals surface area contributed by atoms with Crippen LogP contribution in [0.1, 0.15) is 44.9 Å². The number of thioether (sulfide) groups is 2. The minimum Gasteiger partial charge on any atom is -0.477 e. The maximum absolute atomic E-state index is 12.5. The molecule has 3 heterocycles. The van der Waals surface area contributed by atoms with Gasteiger partial charge in [-0.1, -0.05) is 35.7 Å². The third kappa shape index (κ3) is 7.16. The van der Waals surface area contributed by atoms with Crippen molar-refractivity contribution in [2.75, 3.05) is 31.1 Å². The van der Waals surface area contributed by atoms with Gasteiger partial charge in [0.1, 0.15) is 4.88 Å². The predicted molar refractivity (Wildman–Crippen MR) is 143 cm³/mol. The van der Waals surface area contributed by atoms with Crippen molar-refractivity contribution in [3.8, 4) is 11.8 Å². The second-order valence-electron chi connectivity index (χ2n) is 8.18. The van der Waals surface area contributed by atoms with E-state index < -0.39 is 5.97 Å². The van der Waals surface area contributed by atoms with Crippen LogP contribution in [0.25, 0.3) is 0 Å². The van der Waals surface area contributed by atoms with E-state index in [-0.39, 0.29) is 5.24 Å². The molecule has 1 saturated heterocycles. The van der Waals surface area contributed by atoms with Crippen molar-refractivity contribution in [1.82, 2.24) is 10.0 Å². The van der Waals surface area contributed by atoms with Crippen molar-refractivity contribution in [1.29, 1.82) is 0 Å². The number of hydrazine groups is 1. The number of aromatic carboxylic acids is 1. The second-order valence-corrected chi connectivity index (χ2v) is 11.4. The van der Waals surface area contributed by atoms with Crippen LogP contribution >= 0.6 is 34.9 Å². The van der Waals surface area contributed by atoms with Gasteiger partial charge in [0.25, 0.3) is 5.24 Å². The first-order chi connectivity index (χ1) is 16.6. The fraction of sp³-hybridized carbons (Fsp3) is 0.385.